The van der Waals surface area contributed by atoms with Crippen LogP contribution in [0.3, 0.4) is 0 Å². The van der Waals surface area contributed by atoms with E-state index in [1.165, 1.54) is 11.8 Å². The van der Waals surface area contributed by atoms with Crippen LogP contribution in [-0.4, -0.2) is 86.0 Å². The van der Waals surface area contributed by atoms with Gasteiger partial charge in [-0.3, -0.25) is 19.2 Å². The average molecular weight is 637 g/mol. The van der Waals surface area contributed by atoms with Gasteiger partial charge in [0.2, 0.25) is 17.7 Å². The van der Waals surface area contributed by atoms with Crippen LogP contribution in [0, 0.1) is 0 Å². The van der Waals surface area contributed by atoms with E-state index in [-0.39, 0.29) is 19.3 Å². The van der Waals surface area contributed by atoms with Crippen molar-refractivity contribution in [3.63, 3.8) is 0 Å². The SMILES string of the molecule is CSCCC(NC(=O)C(N)Cc1c[nH]c2ccccc12)C(=O)NC(Cc1c[nH]c2ccccc12)C(=O)NC(CC(=O)O)C(=O)O. The molecule has 0 bridgehead atoms. The van der Waals surface area contributed by atoms with Crippen LogP contribution in [0.1, 0.15) is 24.0 Å². The average Bonchev–Trinajstić information content (AvgIpc) is 3.62. The predicted octanol–water partition coefficient (Wildman–Crippen LogP) is 1.53. The fraction of sp³-hybridized carbons (Fsp3) is 0.323. The van der Waals surface area contributed by atoms with Crippen LogP contribution < -0.4 is 21.7 Å². The highest BCUT2D eigenvalue weighted by Gasteiger charge is 2.32. The molecule has 13 nitrogen and oxygen atoms in total. The number of hydrogen-bond donors (Lipinski definition) is 8. The van der Waals surface area contributed by atoms with Crippen LogP contribution in [0.4, 0.5) is 0 Å². The van der Waals surface area contributed by atoms with Crippen molar-refractivity contribution < 1.29 is 34.2 Å². The molecule has 0 spiro atoms. The number of nitrogens with two attached hydrogens (primary N) is 1. The minimum Gasteiger partial charge on any atom is -0.481 e. The first kappa shape index (κ1) is 33.1. The Morgan fingerprint density at radius 2 is 1.27 bits per heavy atom. The molecule has 4 aromatic rings. The van der Waals surface area contributed by atoms with Crippen molar-refractivity contribution >= 4 is 63.2 Å². The number of carbonyl (C=O) groups is 5. The van der Waals surface area contributed by atoms with Crippen molar-refractivity contribution in [3.8, 4) is 0 Å². The molecule has 4 atom stereocenters. The number of aromatic nitrogens is 2. The Bertz CT molecular complexity index is 1680. The zero-order chi connectivity index (χ0) is 32.5. The molecule has 0 saturated carbocycles. The van der Waals surface area contributed by atoms with Crippen LogP contribution in [-0.2, 0) is 36.8 Å². The van der Waals surface area contributed by atoms with Gasteiger partial charge in [0.15, 0.2) is 0 Å². The van der Waals surface area contributed by atoms with Gasteiger partial charge in [-0.25, -0.2) is 4.79 Å². The molecule has 4 rings (SSSR count). The summed E-state index contributed by atoms with van der Waals surface area (Å²) in [6, 6.07) is 9.91. The number of amides is 3. The highest BCUT2D eigenvalue weighted by Crippen LogP contribution is 2.20. The number of H-pyrrole nitrogens is 2. The lowest BCUT2D eigenvalue weighted by atomic mass is 10.0. The first-order valence-electron chi connectivity index (χ1n) is 14.3. The van der Waals surface area contributed by atoms with Gasteiger partial charge in [-0.2, -0.15) is 11.8 Å². The highest BCUT2D eigenvalue weighted by molar-refractivity contribution is 7.98. The normalized spacial score (nSPS) is 13.9. The van der Waals surface area contributed by atoms with Crippen molar-refractivity contribution in [2.24, 2.45) is 5.73 Å². The standard InChI is InChI=1S/C31H36N6O7S/c1-45-11-10-24(35-28(40)21(32)12-17-15-33-22-8-4-2-6-19(17)22)29(41)36-25(30(42)37-26(31(43)44)14-27(38)39)13-18-16-34-23-9-5-3-7-20(18)23/h2-9,15-16,21,24-26,33-34H,10-14,32H2,1H3,(H,35,40)(H,36,41)(H,37,42)(H,38,39)(H,43,44). The Morgan fingerprint density at radius 3 is 1.82 bits per heavy atom. The van der Waals surface area contributed by atoms with Gasteiger partial charge in [0.25, 0.3) is 0 Å². The fourth-order valence-corrected chi connectivity index (χ4v) is 5.53. The number of hydrogen-bond acceptors (Lipinski definition) is 7. The summed E-state index contributed by atoms with van der Waals surface area (Å²) in [5, 5.41) is 28.0. The molecule has 0 aliphatic heterocycles. The van der Waals surface area contributed by atoms with E-state index in [1.807, 2.05) is 54.8 Å². The van der Waals surface area contributed by atoms with Crippen LogP contribution in [0.15, 0.2) is 60.9 Å². The second-order valence-corrected chi connectivity index (χ2v) is 11.6. The third-order valence-corrected chi connectivity index (χ3v) is 8.06. The molecular weight excluding hydrogens is 600 g/mol. The molecule has 2 aromatic carbocycles. The summed E-state index contributed by atoms with van der Waals surface area (Å²) in [5.41, 5.74) is 9.48. The molecule has 0 aliphatic rings. The molecule has 2 aromatic heterocycles. The van der Waals surface area contributed by atoms with E-state index >= 15 is 0 Å². The lowest BCUT2D eigenvalue weighted by molar-refractivity contribution is -0.147. The Kier molecular flexibility index (Phi) is 11.2. The minimum absolute atomic E-state index is 0.0374. The first-order chi connectivity index (χ1) is 21.6. The maximum Gasteiger partial charge on any atom is 0.326 e. The van der Waals surface area contributed by atoms with E-state index < -0.39 is 60.2 Å². The molecule has 2 heterocycles. The third-order valence-electron chi connectivity index (χ3n) is 7.42. The molecule has 0 fully saturated rings. The molecule has 238 valence electrons. The summed E-state index contributed by atoms with van der Waals surface area (Å²) < 4.78 is 0. The monoisotopic (exact) mass is 636 g/mol. The lowest BCUT2D eigenvalue weighted by Gasteiger charge is -2.25. The van der Waals surface area contributed by atoms with Gasteiger partial charge in [0.1, 0.15) is 18.1 Å². The summed E-state index contributed by atoms with van der Waals surface area (Å²) in [4.78, 5) is 69.3. The lowest BCUT2D eigenvalue weighted by Crippen LogP contribution is -2.58. The topological polar surface area (TPSA) is 219 Å². The molecule has 3 amide bonds. The number of thioether (sulfide) groups is 1. The highest BCUT2D eigenvalue weighted by atomic mass is 32.2. The quantitative estimate of drug-likeness (QED) is 0.0892. The molecule has 9 N–H and O–H groups in total. The number of aliphatic carboxylic acids is 2. The van der Waals surface area contributed by atoms with Crippen molar-refractivity contribution in [1.82, 2.24) is 25.9 Å². The Morgan fingerprint density at radius 1 is 0.756 bits per heavy atom. The molecule has 0 saturated heterocycles. The second-order valence-electron chi connectivity index (χ2n) is 10.6. The van der Waals surface area contributed by atoms with E-state index in [9.17, 15) is 29.1 Å². The van der Waals surface area contributed by atoms with Crippen LogP contribution in [0.25, 0.3) is 21.8 Å². The van der Waals surface area contributed by atoms with Crippen molar-refractivity contribution in [3.05, 3.63) is 72.1 Å². The summed E-state index contributed by atoms with van der Waals surface area (Å²) in [6.45, 7) is 0. The van der Waals surface area contributed by atoms with Crippen LogP contribution in [0.2, 0.25) is 0 Å². The molecule has 4 unspecified atom stereocenters. The minimum atomic E-state index is -1.72. The van der Waals surface area contributed by atoms with Gasteiger partial charge in [0, 0.05) is 40.6 Å². The molecule has 0 aliphatic carbocycles. The number of rotatable bonds is 16. The number of carboxylic acid groups (broad SMARTS) is 2. The summed E-state index contributed by atoms with van der Waals surface area (Å²) in [6.07, 6.45) is 4.88. The Hall–Kier alpha value is -4.82. The van der Waals surface area contributed by atoms with Crippen molar-refractivity contribution in [2.75, 3.05) is 12.0 Å². The van der Waals surface area contributed by atoms with E-state index in [2.05, 4.69) is 25.9 Å². The second kappa shape index (κ2) is 15.3. The van der Waals surface area contributed by atoms with Gasteiger partial charge in [-0.1, -0.05) is 36.4 Å². The zero-order valence-corrected chi connectivity index (χ0v) is 25.4. The Balaban J connectivity index is 1.52. The number of carbonyl (C=O) groups excluding carboxylic acids is 3. The van der Waals surface area contributed by atoms with E-state index in [0.717, 1.165) is 27.4 Å². The summed E-state index contributed by atoms with van der Waals surface area (Å²) in [5.74, 6) is -4.53. The molecular formula is C31H36N6O7S. The summed E-state index contributed by atoms with van der Waals surface area (Å²) in [7, 11) is 0. The number of aromatic amines is 2. The van der Waals surface area contributed by atoms with Crippen LogP contribution >= 0.6 is 11.8 Å². The van der Waals surface area contributed by atoms with Gasteiger partial charge in [0.05, 0.1) is 12.5 Å². The molecule has 45 heavy (non-hydrogen) atoms. The smallest absolute Gasteiger partial charge is 0.326 e. The van der Waals surface area contributed by atoms with E-state index in [1.54, 1.807) is 12.4 Å². The number of para-hydroxylation sites is 2. The molecule has 14 heteroatoms. The van der Waals surface area contributed by atoms with Crippen molar-refractivity contribution in [2.45, 2.75) is 49.9 Å². The van der Waals surface area contributed by atoms with Gasteiger partial charge < -0.3 is 41.9 Å². The maximum atomic E-state index is 13.6. The van der Waals surface area contributed by atoms with E-state index in [0.29, 0.717) is 11.3 Å². The number of carboxylic acids is 2. The number of benzene rings is 2. The number of nitrogens with one attached hydrogen (secondary N) is 5. The van der Waals surface area contributed by atoms with Crippen LogP contribution in [0.5, 0.6) is 0 Å². The van der Waals surface area contributed by atoms with Gasteiger partial charge in [-0.05, 0) is 48.1 Å². The predicted molar refractivity (Wildman–Crippen MR) is 171 cm³/mol. The number of fused-ring (bicyclic) bond motifs is 2. The van der Waals surface area contributed by atoms with Gasteiger partial charge in [-0.15, -0.1) is 0 Å². The fourth-order valence-electron chi connectivity index (χ4n) is 5.06. The zero-order valence-electron chi connectivity index (χ0n) is 24.5. The van der Waals surface area contributed by atoms with Crippen molar-refractivity contribution in [1.29, 1.82) is 0 Å². The third kappa shape index (κ3) is 8.64. The Labute approximate surface area is 262 Å². The largest absolute Gasteiger partial charge is 0.481 e. The summed E-state index contributed by atoms with van der Waals surface area (Å²) >= 11 is 1.46. The van der Waals surface area contributed by atoms with E-state index in [4.69, 9.17) is 10.8 Å². The molecule has 0 radical (unpaired) electrons. The van der Waals surface area contributed by atoms with Gasteiger partial charge >= 0.3 is 11.9 Å². The first-order valence-corrected chi connectivity index (χ1v) is 15.7. The maximum absolute atomic E-state index is 13.6.